The number of nitrogens with zero attached hydrogens (tertiary/aromatic N) is 1. The van der Waals surface area contributed by atoms with E-state index in [1.807, 2.05) is 6.07 Å². The third-order valence-corrected chi connectivity index (χ3v) is 6.43. The second-order valence-corrected chi connectivity index (χ2v) is 8.86. The van der Waals surface area contributed by atoms with Gasteiger partial charge in [0.05, 0.1) is 29.4 Å². The number of amides is 1. The van der Waals surface area contributed by atoms with Crippen LogP contribution >= 0.6 is 23.2 Å². The Morgan fingerprint density at radius 1 is 1.17 bits per heavy atom. The van der Waals surface area contributed by atoms with Gasteiger partial charge in [0, 0.05) is 31.7 Å². The highest BCUT2D eigenvalue weighted by Gasteiger charge is 2.43. The van der Waals surface area contributed by atoms with Crippen molar-refractivity contribution in [3.05, 3.63) is 69.7 Å². The normalized spacial score (nSPS) is 24.7. The lowest BCUT2D eigenvalue weighted by Crippen LogP contribution is -2.45. The molecule has 2 aliphatic heterocycles. The molecular formula is C23H26Cl2N2O3. The Morgan fingerprint density at radius 3 is 2.80 bits per heavy atom. The monoisotopic (exact) mass is 448 g/mol. The largest absolute Gasteiger partial charge is 0.377 e. The molecular weight excluding hydrogens is 423 g/mol. The van der Waals surface area contributed by atoms with Crippen molar-refractivity contribution in [1.82, 2.24) is 10.2 Å². The summed E-state index contributed by atoms with van der Waals surface area (Å²) in [5.74, 6) is -0.180. The van der Waals surface area contributed by atoms with Crippen LogP contribution in [-0.2, 0) is 16.0 Å². The summed E-state index contributed by atoms with van der Waals surface area (Å²) in [6, 6.07) is 15.3. The fraction of sp³-hybridized carbons (Fsp3) is 0.435. The Balaban J connectivity index is 1.32. The first kappa shape index (κ1) is 21.6. The Morgan fingerprint density at radius 2 is 2.00 bits per heavy atom. The molecule has 0 radical (unpaired) electrons. The molecule has 7 heteroatoms. The Kier molecular flexibility index (Phi) is 6.96. The molecule has 5 nitrogen and oxygen atoms in total. The van der Waals surface area contributed by atoms with Gasteiger partial charge < -0.3 is 14.8 Å². The lowest BCUT2D eigenvalue weighted by molar-refractivity contribution is -0.0849. The lowest BCUT2D eigenvalue weighted by atomic mass is 10.00. The molecule has 0 unspecified atom stereocenters. The van der Waals surface area contributed by atoms with E-state index < -0.39 is 0 Å². The van der Waals surface area contributed by atoms with Crippen LogP contribution in [0.25, 0.3) is 0 Å². The van der Waals surface area contributed by atoms with Crippen LogP contribution in [0.15, 0.2) is 48.5 Å². The molecule has 2 saturated heterocycles. The SMILES string of the molecule is O=C(NC[C@@H]1CC[C@@]2(COCCN(Cc3ccccc3)C2)O1)c1ccc(Cl)c(Cl)c1. The highest BCUT2D eigenvalue weighted by atomic mass is 35.5. The Bertz CT molecular complexity index is 880. The highest BCUT2D eigenvalue weighted by Crippen LogP contribution is 2.33. The first-order valence-corrected chi connectivity index (χ1v) is 11.0. The minimum Gasteiger partial charge on any atom is -0.377 e. The summed E-state index contributed by atoms with van der Waals surface area (Å²) in [5, 5.41) is 3.76. The number of halogens is 2. The van der Waals surface area contributed by atoms with Crippen LogP contribution in [0.2, 0.25) is 10.0 Å². The summed E-state index contributed by atoms with van der Waals surface area (Å²) >= 11 is 11.9. The fourth-order valence-corrected chi connectivity index (χ4v) is 4.47. The van der Waals surface area contributed by atoms with E-state index in [1.54, 1.807) is 18.2 Å². The van der Waals surface area contributed by atoms with Crippen molar-refractivity contribution >= 4 is 29.1 Å². The van der Waals surface area contributed by atoms with Gasteiger partial charge in [0.25, 0.3) is 5.91 Å². The van der Waals surface area contributed by atoms with E-state index in [4.69, 9.17) is 32.7 Å². The molecule has 160 valence electrons. The first-order valence-electron chi connectivity index (χ1n) is 10.3. The zero-order valence-electron chi connectivity index (χ0n) is 16.8. The Hall–Kier alpha value is -1.63. The van der Waals surface area contributed by atoms with E-state index in [0.29, 0.717) is 35.4 Å². The van der Waals surface area contributed by atoms with Gasteiger partial charge in [-0.15, -0.1) is 0 Å². The molecule has 1 amide bonds. The lowest BCUT2D eigenvalue weighted by Gasteiger charge is -2.32. The van der Waals surface area contributed by atoms with Crippen molar-refractivity contribution < 1.29 is 14.3 Å². The number of carbonyl (C=O) groups is 1. The van der Waals surface area contributed by atoms with Gasteiger partial charge in [0.15, 0.2) is 0 Å². The number of nitrogens with one attached hydrogen (secondary N) is 1. The number of hydrogen-bond acceptors (Lipinski definition) is 4. The zero-order valence-corrected chi connectivity index (χ0v) is 18.3. The van der Waals surface area contributed by atoms with Crippen LogP contribution in [0.5, 0.6) is 0 Å². The number of hydrogen-bond donors (Lipinski definition) is 1. The summed E-state index contributed by atoms with van der Waals surface area (Å²) in [5.41, 5.74) is 1.46. The van der Waals surface area contributed by atoms with Gasteiger partial charge in [-0.3, -0.25) is 9.69 Å². The molecule has 2 aromatic rings. The van der Waals surface area contributed by atoms with Gasteiger partial charge in [-0.2, -0.15) is 0 Å². The molecule has 2 atom stereocenters. The molecule has 2 aliphatic rings. The Labute approximate surface area is 187 Å². The molecule has 1 spiro atoms. The van der Waals surface area contributed by atoms with Crippen molar-refractivity contribution in [2.24, 2.45) is 0 Å². The quantitative estimate of drug-likeness (QED) is 0.745. The number of ether oxygens (including phenoxy) is 2. The second kappa shape index (κ2) is 9.67. The van der Waals surface area contributed by atoms with E-state index in [1.165, 1.54) is 5.56 Å². The maximum atomic E-state index is 12.4. The average Bonchev–Trinajstić information content (AvgIpc) is 3.03. The topological polar surface area (TPSA) is 50.8 Å². The molecule has 30 heavy (non-hydrogen) atoms. The zero-order chi connectivity index (χ0) is 21.0. The summed E-state index contributed by atoms with van der Waals surface area (Å²) in [7, 11) is 0. The minimum atomic E-state index is -0.315. The van der Waals surface area contributed by atoms with E-state index in [2.05, 4.69) is 34.5 Å². The molecule has 2 fully saturated rings. The predicted molar refractivity (Wildman–Crippen MR) is 118 cm³/mol. The van der Waals surface area contributed by atoms with E-state index >= 15 is 0 Å². The summed E-state index contributed by atoms with van der Waals surface area (Å²) in [6.07, 6.45) is 1.78. The van der Waals surface area contributed by atoms with E-state index in [-0.39, 0.29) is 17.6 Å². The van der Waals surface area contributed by atoms with E-state index in [9.17, 15) is 4.79 Å². The summed E-state index contributed by atoms with van der Waals surface area (Å²) in [6.45, 7) is 4.36. The van der Waals surface area contributed by atoms with Crippen LogP contribution in [0.1, 0.15) is 28.8 Å². The van der Waals surface area contributed by atoms with Gasteiger partial charge in [-0.25, -0.2) is 0 Å². The first-order chi connectivity index (χ1) is 14.5. The predicted octanol–water partition coefficient (Wildman–Crippen LogP) is 4.17. The third kappa shape index (κ3) is 5.34. The van der Waals surface area contributed by atoms with Gasteiger partial charge in [0.2, 0.25) is 0 Å². The second-order valence-electron chi connectivity index (χ2n) is 8.05. The maximum absolute atomic E-state index is 12.4. The third-order valence-electron chi connectivity index (χ3n) is 5.69. The summed E-state index contributed by atoms with van der Waals surface area (Å²) < 4.78 is 12.3. The molecule has 0 bridgehead atoms. The van der Waals surface area contributed by atoms with Gasteiger partial charge in [-0.1, -0.05) is 53.5 Å². The minimum absolute atomic E-state index is 0.0306. The van der Waals surface area contributed by atoms with Crippen LogP contribution < -0.4 is 5.32 Å². The van der Waals surface area contributed by atoms with Crippen molar-refractivity contribution in [1.29, 1.82) is 0 Å². The van der Waals surface area contributed by atoms with Crippen LogP contribution in [0, 0.1) is 0 Å². The van der Waals surface area contributed by atoms with Crippen molar-refractivity contribution in [3.8, 4) is 0 Å². The number of rotatable bonds is 5. The van der Waals surface area contributed by atoms with Crippen molar-refractivity contribution in [2.45, 2.75) is 31.1 Å². The van der Waals surface area contributed by atoms with Crippen molar-refractivity contribution in [3.63, 3.8) is 0 Å². The maximum Gasteiger partial charge on any atom is 0.251 e. The van der Waals surface area contributed by atoms with E-state index in [0.717, 1.165) is 32.5 Å². The number of carbonyl (C=O) groups excluding carboxylic acids is 1. The van der Waals surface area contributed by atoms with Crippen LogP contribution in [0.3, 0.4) is 0 Å². The molecule has 0 saturated carbocycles. The summed E-state index contributed by atoms with van der Waals surface area (Å²) in [4.78, 5) is 14.8. The molecule has 0 aliphatic carbocycles. The van der Waals surface area contributed by atoms with Gasteiger partial charge in [0.1, 0.15) is 5.60 Å². The number of benzene rings is 2. The highest BCUT2D eigenvalue weighted by molar-refractivity contribution is 6.42. The standard InChI is InChI=1S/C23H26Cl2N2O3/c24-20-7-6-18(12-21(20)25)22(28)26-13-19-8-9-23(30-19)15-27(10-11-29-16-23)14-17-4-2-1-3-5-17/h1-7,12,19H,8-11,13-16H2,(H,26,28)/t19-,23+/m0/s1. The average molecular weight is 449 g/mol. The van der Waals surface area contributed by atoms with Crippen molar-refractivity contribution in [2.75, 3.05) is 32.8 Å². The molecule has 1 N–H and O–H groups in total. The fourth-order valence-electron chi connectivity index (χ4n) is 4.17. The van der Waals surface area contributed by atoms with Gasteiger partial charge in [-0.05, 0) is 36.6 Å². The van der Waals surface area contributed by atoms with Gasteiger partial charge >= 0.3 is 0 Å². The molecule has 2 heterocycles. The molecule has 0 aromatic heterocycles. The van der Waals surface area contributed by atoms with Crippen LogP contribution in [0.4, 0.5) is 0 Å². The molecule has 2 aromatic carbocycles. The molecule has 4 rings (SSSR count). The smallest absolute Gasteiger partial charge is 0.251 e. The van der Waals surface area contributed by atoms with Crippen LogP contribution in [-0.4, -0.2) is 55.4 Å².